The Morgan fingerprint density at radius 2 is 1.86 bits per heavy atom. The average molecular weight is 522 g/mol. The van der Waals surface area contributed by atoms with E-state index in [1.54, 1.807) is 25.1 Å². The van der Waals surface area contributed by atoms with Gasteiger partial charge in [0.25, 0.3) is 5.91 Å². The highest BCUT2D eigenvalue weighted by Crippen LogP contribution is 2.33. The number of sulfone groups is 1. The zero-order valence-electron chi connectivity index (χ0n) is 19.1. The van der Waals surface area contributed by atoms with Crippen molar-refractivity contribution in [3.8, 4) is 0 Å². The second-order valence-electron chi connectivity index (χ2n) is 8.12. The van der Waals surface area contributed by atoms with Gasteiger partial charge in [-0.15, -0.1) is 0 Å². The molecule has 0 saturated carbocycles. The van der Waals surface area contributed by atoms with Gasteiger partial charge in [-0.25, -0.2) is 18.4 Å². The molecule has 0 unspecified atom stereocenters. The lowest BCUT2D eigenvalue weighted by Crippen LogP contribution is -2.23. The van der Waals surface area contributed by atoms with E-state index in [-0.39, 0.29) is 41.8 Å². The number of anilines is 1. The number of alkyl halides is 3. The van der Waals surface area contributed by atoms with Crippen molar-refractivity contribution in [2.75, 3.05) is 10.7 Å². The van der Waals surface area contributed by atoms with Gasteiger partial charge in [0.05, 0.1) is 35.1 Å². The standard InChI is InChI=1S/C23H22F3N5O4S/c1-2-36(34,35)18-5-3-14(4-6-18)8-28-21(33)15-7-16-11-31(12-19(16)27-9-15)22-29-10-17(13-32)20(30-22)23(24,25)26/h3-7,9-10,32H,2,8,11-13H2,1H3,(H,28,33). The van der Waals surface area contributed by atoms with E-state index in [0.29, 0.717) is 16.8 Å². The van der Waals surface area contributed by atoms with Gasteiger partial charge in [-0.2, -0.15) is 13.2 Å². The number of carbonyl (C=O) groups is 1. The molecule has 3 aromatic rings. The fourth-order valence-electron chi connectivity index (χ4n) is 3.70. The summed E-state index contributed by atoms with van der Waals surface area (Å²) in [5.41, 5.74) is 0.611. The number of fused-ring (bicyclic) bond motifs is 1. The van der Waals surface area contributed by atoms with E-state index in [1.165, 1.54) is 23.2 Å². The molecular weight excluding hydrogens is 499 g/mol. The molecule has 4 rings (SSSR count). The van der Waals surface area contributed by atoms with Crippen LogP contribution < -0.4 is 10.2 Å². The quantitative estimate of drug-likeness (QED) is 0.486. The second-order valence-corrected chi connectivity index (χ2v) is 10.4. The fraction of sp³-hybridized carbons (Fsp3) is 0.304. The predicted octanol–water partition coefficient (Wildman–Crippen LogP) is 2.63. The summed E-state index contributed by atoms with van der Waals surface area (Å²) in [6, 6.07) is 7.84. The molecule has 3 heterocycles. The molecular formula is C23H22F3N5O4S. The van der Waals surface area contributed by atoms with E-state index in [0.717, 1.165) is 6.20 Å². The number of benzene rings is 1. The summed E-state index contributed by atoms with van der Waals surface area (Å²) in [7, 11) is -3.31. The Balaban J connectivity index is 1.44. The minimum atomic E-state index is -4.74. The molecule has 1 aliphatic heterocycles. The van der Waals surface area contributed by atoms with Gasteiger partial charge in [0.1, 0.15) is 0 Å². The van der Waals surface area contributed by atoms with Crippen molar-refractivity contribution < 1.29 is 31.5 Å². The van der Waals surface area contributed by atoms with E-state index >= 15 is 0 Å². The van der Waals surface area contributed by atoms with Gasteiger partial charge in [0.15, 0.2) is 15.5 Å². The van der Waals surface area contributed by atoms with Gasteiger partial charge in [-0.1, -0.05) is 19.1 Å². The van der Waals surface area contributed by atoms with E-state index < -0.39 is 39.8 Å². The highest BCUT2D eigenvalue weighted by atomic mass is 32.2. The summed E-state index contributed by atoms with van der Waals surface area (Å²) in [6.45, 7) is 1.22. The van der Waals surface area contributed by atoms with Crippen molar-refractivity contribution in [2.45, 2.75) is 44.2 Å². The minimum Gasteiger partial charge on any atom is -0.392 e. The fourth-order valence-corrected chi connectivity index (χ4v) is 4.59. The smallest absolute Gasteiger partial charge is 0.392 e. The molecule has 0 atom stereocenters. The van der Waals surface area contributed by atoms with Crippen LogP contribution in [0.4, 0.5) is 19.1 Å². The minimum absolute atomic E-state index is 0.00454. The Kier molecular flexibility index (Phi) is 6.96. The molecule has 0 radical (unpaired) electrons. The summed E-state index contributed by atoms with van der Waals surface area (Å²) < 4.78 is 63.7. The van der Waals surface area contributed by atoms with Crippen LogP contribution in [-0.2, 0) is 42.3 Å². The van der Waals surface area contributed by atoms with Gasteiger partial charge in [0, 0.05) is 31.0 Å². The van der Waals surface area contributed by atoms with Crippen molar-refractivity contribution >= 4 is 21.7 Å². The normalized spacial score (nSPS) is 13.5. The zero-order chi connectivity index (χ0) is 26.1. The highest BCUT2D eigenvalue weighted by molar-refractivity contribution is 7.91. The summed E-state index contributed by atoms with van der Waals surface area (Å²) in [5.74, 6) is -0.566. The Morgan fingerprint density at radius 1 is 1.14 bits per heavy atom. The summed E-state index contributed by atoms with van der Waals surface area (Å²) >= 11 is 0. The summed E-state index contributed by atoms with van der Waals surface area (Å²) in [4.78, 5) is 26.2. The first kappa shape index (κ1) is 25.5. The van der Waals surface area contributed by atoms with Crippen LogP contribution in [0.1, 0.15) is 45.4 Å². The van der Waals surface area contributed by atoms with E-state index in [2.05, 4.69) is 20.3 Å². The largest absolute Gasteiger partial charge is 0.433 e. The zero-order valence-corrected chi connectivity index (χ0v) is 19.9. The number of aliphatic hydroxyl groups excluding tert-OH is 1. The predicted molar refractivity (Wildman–Crippen MR) is 122 cm³/mol. The first-order valence-electron chi connectivity index (χ1n) is 10.9. The lowest BCUT2D eigenvalue weighted by molar-refractivity contribution is -0.142. The molecule has 190 valence electrons. The van der Waals surface area contributed by atoms with Crippen LogP contribution in [0.25, 0.3) is 0 Å². The average Bonchev–Trinajstić information content (AvgIpc) is 3.30. The van der Waals surface area contributed by atoms with Crippen LogP contribution in [0.15, 0.2) is 47.6 Å². The monoisotopic (exact) mass is 521 g/mol. The van der Waals surface area contributed by atoms with Crippen molar-refractivity contribution in [2.24, 2.45) is 0 Å². The first-order chi connectivity index (χ1) is 17.0. The third-order valence-electron chi connectivity index (χ3n) is 5.71. The number of nitrogens with one attached hydrogen (secondary N) is 1. The van der Waals surface area contributed by atoms with Gasteiger partial charge in [-0.05, 0) is 29.3 Å². The number of halogens is 3. The maximum Gasteiger partial charge on any atom is 0.433 e. The SMILES string of the molecule is CCS(=O)(=O)c1ccc(CNC(=O)c2cnc3c(c2)CN(c2ncc(CO)c(C(F)(F)F)n2)C3)cc1. The molecule has 0 bridgehead atoms. The molecule has 13 heteroatoms. The topological polar surface area (TPSA) is 125 Å². The van der Waals surface area contributed by atoms with Crippen LogP contribution in [-0.4, -0.2) is 40.1 Å². The molecule has 36 heavy (non-hydrogen) atoms. The van der Waals surface area contributed by atoms with Crippen LogP contribution in [0, 0.1) is 0 Å². The van der Waals surface area contributed by atoms with Gasteiger partial charge in [0.2, 0.25) is 5.95 Å². The second kappa shape index (κ2) is 9.82. The van der Waals surface area contributed by atoms with Gasteiger partial charge in [-0.3, -0.25) is 9.78 Å². The number of rotatable bonds is 7. The van der Waals surface area contributed by atoms with Crippen LogP contribution >= 0.6 is 0 Å². The molecule has 9 nitrogen and oxygen atoms in total. The molecule has 1 aromatic carbocycles. The van der Waals surface area contributed by atoms with Crippen LogP contribution in [0.2, 0.25) is 0 Å². The van der Waals surface area contributed by atoms with Gasteiger partial charge < -0.3 is 15.3 Å². The van der Waals surface area contributed by atoms with E-state index in [9.17, 15) is 26.4 Å². The number of hydrogen-bond donors (Lipinski definition) is 2. The summed E-state index contributed by atoms with van der Waals surface area (Å²) in [6.07, 6.45) is -2.41. The molecule has 2 N–H and O–H groups in total. The number of pyridine rings is 1. The first-order valence-corrected chi connectivity index (χ1v) is 12.5. The molecule has 1 amide bonds. The van der Waals surface area contributed by atoms with Crippen molar-refractivity contribution in [3.63, 3.8) is 0 Å². The van der Waals surface area contributed by atoms with E-state index in [4.69, 9.17) is 5.11 Å². The Labute approximate surface area is 205 Å². The molecule has 1 aliphatic rings. The molecule has 0 fully saturated rings. The van der Waals surface area contributed by atoms with Gasteiger partial charge >= 0.3 is 6.18 Å². The summed E-state index contributed by atoms with van der Waals surface area (Å²) in [5, 5.41) is 11.9. The molecule has 0 saturated heterocycles. The number of nitrogens with zero attached hydrogens (tertiary/aromatic N) is 4. The Hall–Kier alpha value is -3.58. The van der Waals surface area contributed by atoms with Crippen molar-refractivity contribution in [3.05, 3.63) is 76.4 Å². The number of aromatic nitrogens is 3. The highest BCUT2D eigenvalue weighted by Gasteiger charge is 2.37. The molecule has 2 aromatic heterocycles. The number of hydrogen-bond acceptors (Lipinski definition) is 8. The van der Waals surface area contributed by atoms with Crippen molar-refractivity contribution in [1.29, 1.82) is 0 Å². The third-order valence-corrected chi connectivity index (χ3v) is 7.46. The third kappa shape index (κ3) is 5.31. The van der Waals surface area contributed by atoms with Crippen molar-refractivity contribution in [1.82, 2.24) is 20.3 Å². The van der Waals surface area contributed by atoms with Crippen LogP contribution in [0.5, 0.6) is 0 Å². The molecule has 0 aliphatic carbocycles. The maximum atomic E-state index is 13.3. The number of carbonyl (C=O) groups excluding carboxylic acids is 1. The lowest BCUT2D eigenvalue weighted by Gasteiger charge is -2.17. The maximum absolute atomic E-state index is 13.3. The lowest BCUT2D eigenvalue weighted by atomic mass is 10.1. The number of amides is 1. The Morgan fingerprint density at radius 3 is 2.50 bits per heavy atom. The molecule has 0 spiro atoms. The van der Waals surface area contributed by atoms with E-state index in [1.807, 2.05) is 0 Å². The van der Waals surface area contributed by atoms with Crippen LogP contribution in [0.3, 0.4) is 0 Å². The Bertz CT molecular complexity index is 1400. The number of aliphatic hydroxyl groups is 1.